The Labute approximate surface area is 183 Å². The summed E-state index contributed by atoms with van der Waals surface area (Å²) in [5.74, 6) is -0.772. The zero-order chi connectivity index (χ0) is 21.4. The van der Waals surface area contributed by atoms with Gasteiger partial charge in [0.1, 0.15) is 5.75 Å². The molecule has 0 atom stereocenters. The molecule has 0 saturated heterocycles. The molecule has 6 nitrogen and oxygen atoms in total. The molecule has 1 heterocycles. The molecule has 0 unspecified atom stereocenters. The molecule has 0 fully saturated rings. The van der Waals surface area contributed by atoms with E-state index in [0.29, 0.717) is 23.1 Å². The van der Waals surface area contributed by atoms with Crippen molar-refractivity contribution in [3.05, 3.63) is 50.8 Å². The van der Waals surface area contributed by atoms with Gasteiger partial charge in [0, 0.05) is 47.8 Å². The number of carboxylic acid groups (broad SMARTS) is 1. The third-order valence-electron chi connectivity index (χ3n) is 6.04. The number of halogens is 1. The summed E-state index contributed by atoms with van der Waals surface area (Å²) >= 11 is 3.47. The van der Waals surface area contributed by atoms with Crippen LogP contribution in [0.2, 0.25) is 0 Å². The van der Waals surface area contributed by atoms with Crippen LogP contribution in [-0.4, -0.2) is 40.7 Å². The van der Waals surface area contributed by atoms with Crippen LogP contribution >= 0.6 is 15.9 Å². The summed E-state index contributed by atoms with van der Waals surface area (Å²) < 4.78 is 5.92. The first-order valence-corrected chi connectivity index (χ1v) is 11.2. The number of aliphatic carboxylic acids is 1. The van der Waals surface area contributed by atoms with Crippen molar-refractivity contribution in [3.8, 4) is 5.75 Å². The lowest BCUT2D eigenvalue weighted by atomic mass is 9.71. The minimum Gasteiger partial charge on any atom is -0.481 e. The summed E-state index contributed by atoms with van der Waals surface area (Å²) in [6.45, 7) is 2.38. The fourth-order valence-electron chi connectivity index (χ4n) is 4.88. The molecule has 1 aromatic rings. The molecule has 3 aliphatic rings. The highest BCUT2D eigenvalue weighted by Gasteiger charge is 2.42. The van der Waals surface area contributed by atoms with Crippen LogP contribution in [0.4, 0.5) is 0 Å². The zero-order valence-electron chi connectivity index (χ0n) is 16.9. The standard InChI is InChI=1S/C23H24BrNO5/c1-2-25-15-5-3-7-17(26)22(15)21(23-16(25)6-4-8-18(23)27)13-9-10-19(14(24)11-13)30-12-20(28)29/h9-11,21H,2-8,12H2,1H3,(H,28,29). The van der Waals surface area contributed by atoms with Crippen LogP contribution in [-0.2, 0) is 14.4 Å². The van der Waals surface area contributed by atoms with E-state index >= 15 is 0 Å². The van der Waals surface area contributed by atoms with Crippen molar-refractivity contribution >= 4 is 33.5 Å². The van der Waals surface area contributed by atoms with Gasteiger partial charge < -0.3 is 14.7 Å². The molecule has 0 radical (unpaired) electrons. The van der Waals surface area contributed by atoms with Gasteiger partial charge in [-0.15, -0.1) is 0 Å². The fourth-order valence-corrected chi connectivity index (χ4v) is 5.40. The molecule has 30 heavy (non-hydrogen) atoms. The normalized spacial score (nSPS) is 19.7. The van der Waals surface area contributed by atoms with E-state index in [2.05, 4.69) is 27.8 Å². The van der Waals surface area contributed by atoms with Gasteiger partial charge in [-0.05, 0) is 66.2 Å². The summed E-state index contributed by atoms with van der Waals surface area (Å²) in [4.78, 5) is 39.1. The van der Waals surface area contributed by atoms with Crippen molar-refractivity contribution in [1.82, 2.24) is 4.90 Å². The van der Waals surface area contributed by atoms with Crippen molar-refractivity contribution in [2.45, 2.75) is 51.4 Å². The number of benzene rings is 1. The van der Waals surface area contributed by atoms with Crippen molar-refractivity contribution in [2.24, 2.45) is 0 Å². The molecule has 158 valence electrons. The van der Waals surface area contributed by atoms with Gasteiger partial charge in [-0.1, -0.05) is 6.07 Å². The van der Waals surface area contributed by atoms with Crippen molar-refractivity contribution in [2.75, 3.05) is 13.2 Å². The van der Waals surface area contributed by atoms with Crippen LogP contribution in [0.3, 0.4) is 0 Å². The third kappa shape index (κ3) is 3.60. The Morgan fingerprint density at radius 3 is 2.20 bits per heavy atom. The Balaban J connectivity index is 1.84. The monoisotopic (exact) mass is 473 g/mol. The maximum absolute atomic E-state index is 13.1. The number of rotatable bonds is 5. The van der Waals surface area contributed by atoms with E-state index in [9.17, 15) is 14.4 Å². The first kappa shape index (κ1) is 20.8. The van der Waals surface area contributed by atoms with Crippen LogP contribution in [0.5, 0.6) is 5.75 Å². The minimum atomic E-state index is -1.05. The van der Waals surface area contributed by atoms with E-state index in [4.69, 9.17) is 9.84 Å². The Morgan fingerprint density at radius 2 is 1.70 bits per heavy atom. The highest BCUT2D eigenvalue weighted by molar-refractivity contribution is 9.10. The number of carboxylic acids is 1. The number of hydrogen-bond donors (Lipinski definition) is 1. The minimum absolute atomic E-state index is 0.118. The summed E-state index contributed by atoms with van der Waals surface area (Å²) in [7, 11) is 0. The van der Waals surface area contributed by atoms with E-state index in [1.807, 2.05) is 12.1 Å². The number of hydrogen-bond acceptors (Lipinski definition) is 5. The summed E-state index contributed by atoms with van der Waals surface area (Å²) in [6, 6.07) is 5.39. The molecule has 0 saturated carbocycles. The number of carbonyl (C=O) groups excluding carboxylic acids is 2. The Morgan fingerprint density at radius 1 is 1.10 bits per heavy atom. The SMILES string of the molecule is CCN1C2=C(C(=O)CCC2)C(c2ccc(OCC(=O)O)c(Br)c2)C2=C1CCCC2=O. The van der Waals surface area contributed by atoms with Gasteiger partial charge in [0.15, 0.2) is 18.2 Å². The average molecular weight is 474 g/mol. The van der Waals surface area contributed by atoms with E-state index in [-0.39, 0.29) is 17.5 Å². The van der Waals surface area contributed by atoms with Crippen LogP contribution in [0.1, 0.15) is 56.9 Å². The molecule has 0 aromatic heterocycles. The van der Waals surface area contributed by atoms with Gasteiger partial charge in [-0.25, -0.2) is 4.79 Å². The zero-order valence-corrected chi connectivity index (χ0v) is 18.5. The molecule has 1 aromatic carbocycles. The number of allylic oxidation sites excluding steroid dienone is 4. The maximum Gasteiger partial charge on any atom is 0.341 e. The predicted molar refractivity (Wildman–Crippen MR) is 114 cm³/mol. The summed E-state index contributed by atoms with van der Waals surface area (Å²) in [5.41, 5.74) is 4.49. The molecule has 7 heteroatoms. The Bertz CT molecular complexity index is 949. The van der Waals surface area contributed by atoms with Crippen molar-refractivity contribution < 1.29 is 24.2 Å². The molecule has 0 spiro atoms. The predicted octanol–water partition coefficient (Wildman–Crippen LogP) is 4.35. The van der Waals surface area contributed by atoms with Crippen molar-refractivity contribution in [1.29, 1.82) is 0 Å². The second kappa shape index (κ2) is 8.38. The van der Waals surface area contributed by atoms with Crippen LogP contribution in [0.25, 0.3) is 0 Å². The van der Waals surface area contributed by atoms with Gasteiger partial charge in [-0.2, -0.15) is 0 Å². The summed E-state index contributed by atoms with van der Waals surface area (Å²) in [5, 5.41) is 8.86. The van der Waals surface area contributed by atoms with Crippen LogP contribution in [0, 0.1) is 0 Å². The van der Waals surface area contributed by atoms with Gasteiger partial charge >= 0.3 is 5.97 Å². The summed E-state index contributed by atoms with van der Waals surface area (Å²) in [6.07, 6.45) is 4.37. The Kier molecular flexibility index (Phi) is 5.82. The smallest absolute Gasteiger partial charge is 0.341 e. The second-order valence-electron chi connectivity index (χ2n) is 7.82. The lowest BCUT2D eigenvalue weighted by molar-refractivity contribution is -0.139. The molecule has 0 amide bonds. The number of ketones is 2. The van der Waals surface area contributed by atoms with Crippen LogP contribution < -0.4 is 4.74 Å². The molecule has 2 aliphatic carbocycles. The van der Waals surface area contributed by atoms with Gasteiger partial charge in [-0.3, -0.25) is 9.59 Å². The molecule has 4 rings (SSSR count). The quantitative estimate of drug-likeness (QED) is 0.684. The van der Waals surface area contributed by atoms with Gasteiger partial charge in [0.25, 0.3) is 0 Å². The first-order valence-electron chi connectivity index (χ1n) is 10.4. The lowest BCUT2D eigenvalue weighted by Gasteiger charge is -2.43. The fraction of sp³-hybridized carbons (Fsp3) is 0.435. The average Bonchev–Trinajstić information content (AvgIpc) is 2.71. The van der Waals surface area contributed by atoms with Crippen molar-refractivity contribution in [3.63, 3.8) is 0 Å². The van der Waals surface area contributed by atoms with E-state index < -0.39 is 12.6 Å². The number of carbonyl (C=O) groups is 3. The van der Waals surface area contributed by atoms with Gasteiger partial charge in [0.05, 0.1) is 4.47 Å². The molecule has 1 N–H and O–H groups in total. The highest BCUT2D eigenvalue weighted by Crippen LogP contribution is 2.49. The van der Waals surface area contributed by atoms with E-state index in [0.717, 1.165) is 60.3 Å². The second-order valence-corrected chi connectivity index (χ2v) is 8.68. The van der Waals surface area contributed by atoms with E-state index in [1.165, 1.54) is 0 Å². The topological polar surface area (TPSA) is 83.9 Å². The molecule has 0 bridgehead atoms. The maximum atomic E-state index is 13.1. The molecular weight excluding hydrogens is 450 g/mol. The largest absolute Gasteiger partial charge is 0.481 e. The molecule has 1 aliphatic heterocycles. The lowest BCUT2D eigenvalue weighted by Crippen LogP contribution is -2.39. The first-order chi connectivity index (χ1) is 14.4. The number of Topliss-reactive ketones (excluding diaryl/α,β-unsaturated/α-hetero) is 2. The molecular formula is C23H24BrNO5. The number of nitrogens with zero attached hydrogens (tertiary/aromatic N) is 1. The van der Waals surface area contributed by atoms with E-state index in [1.54, 1.807) is 6.07 Å². The highest BCUT2D eigenvalue weighted by atomic mass is 79.9. The Hall–Kier alpha value is -2.41. The van der Waals surface area contributed by atoms with Crippen LogP contribution in [0.15, 0.2) is 45.2 Å². The third-order valence-corrected chi connectivity index (χ3v) is 6.66. The van der Waals surface area contributed by atoms with Gasteiger partial charge in [0.2, 0.25) is 0 Å². The number of ether oxygens (including phenoxy) is 1.